The number of urea groups is 1. The summed E-state index contributed by atoms with van der Waals surface area (Å²) in [4.78, 5) is 29.8. The van der Waals surface area contributed by atoms with Crippen LogP contribution in [0.3, 0.4) is 0 Å². The Hall–Kier alpha value is -4.52. The van der Waals surface area contributed by atoms with E-state index in [0.29, 0.717) is 17.6 Å². The maximum atomic E-state index is 13.0. The number of rotatable bonds is 6. The van der Waals surface area contributed by atoms with Gasteiger partial charge < -0.3 is 10.6 Å². The first kappa shape index (κ1) is 21.3. The molecule has 2 heterocycles. The molecule has 0 saturated carbocycles. The van der Waals surface area contributed by atoms with Gasteiger partial charge in [-0.25, -0.2) is 9.48 Å². The first-order chi connectivity index (χ1) is 16.7. The standard InChI is InChI=1S/C27H23N5O2/c33-26-24-14-4-3-13-23(24)25(31-32(26)18-21-11-5-6-15-28-21)17-30-27(34)29-16-20-10-7-9-19-8-1-2-12-22(19)20/h1-15H,16-18H2,(H2,29,30,34). The largest absolute Gasteiger partial charge is 0.334 e. The van der Waals surface area contributed by atoms with Gasteiger partial charge in [0.05, 0.1) is 29.9 Å². The second-order valence-corrected chi connectivity index (χ2v) is 7.95. The van der Waals surface area contributed by atoms with Gasteiger partial charge in [-0.15, -0.1) is 0 Å². The molecule has 168 valence electrons. The van der Waals surface area contributed by atoms with Gasteiger partial charge in [-0.3, -0.25) is 9.78 Å². The minimum atomic E-state index is -0.304. The smallest absolute Gasteiger partial charge is 0.315 e. The molecule has 2 amide bonds. The van der Waals surface area contributed by atoms with Crippen molar-refractivity contribution in [3.8, 4) is 0 Å². The fourth-order valence-electron chi connectivity index (χ4n) is 4.04. The normalized spacial score (nSPS) is 10.9. The van der Waals surface area contributed by atoms with Gasteiger partial charge in [0.1, 0.15) is 0 Å². The number of benzene rings is 3. The Morgan fingerprint density at radius 1 is 0.765 bits per heavy atom. The SMILES string of the molecule is O=C(NCc1cccc2ccccc12)NCc1nn(Cc2ccccn2)c(=O)c2ccccc12. The number of aromatic nitrogens is 3. The van der Waals surface area contributed by atoms with Crippen molar-refractivity contribution in [2.75, 3.05) is 0 Å². The van der Waals surface area contributed by atoms with E-state index < -0.39 is 0 Å². The van der Waals surface area contributed by atoms with E-state index in [2.05, 4.69) is 32.8 Å². The number of carbonyl (C=O) groups excluding carboxylic acids is 1. The molecule has 3 aromatic carbocycles. The van der Waals surface area contributed by atoms with Gasteiger partial charge in [-0.2, -0.15) is 5.10 Å². The molecule has 0 spiro atoms. The number of nitrogens with zero attached hydrogens (tertiary/aromatic N) is 3. The summed E-state index contributed by atoms with van der Waals surface area (Å²) in [5.41, 5.74) is 2.21. The van der Waals surface area contributed by atoms with Crippen LogP contribution in [-0.2, 0) is 19.6 Å². The Balaban J connectivity index is 1.33. The summed E-state index contributed by atoms with van der Waals surface area (Å²) in [6, 6.07) is 26.7. The molecule has 34 heavy (non-hydrogen) atoms. The van der Waals surface area contributed by atoms with Gasteiger partial charge in [0, 0.05) is 18.1 Å². The Kier molecular flexibility index (Phi) is 5.99. The highest BCUT2D eigenvalue weighted by molar-refractivity contribution is 5.86. The molecule has 2 aromatic heterocycles. The van der Waals surface area contributed by atoms with Crippen LogP contribution in [0.5, 0.6) is 0 Å². The summed E-state index contributed by atoms with van der Waals surface area (Å²) in [6.07, 6.45) is 1.68. The van der Waals surface area contributed by atoms with E-state index in [9.17, 15) is 9.59 Å². The van der Waals surface area contributed by atoms with Crippen molar-refractivity contribution in [3.05, 3.63) is 118 Å². The van der Waals surface area contributed by atoms with E-state index in [4.69, 9.17) is 0 Å². The van der Waals surface area contributed by atoms with Crippen LogP contribution < -0.4 is 16.2 Å². The van der Waals surface area contributed by atoms with Crippen LogP contribution in [0.15, 0.2) is 95.9 Å². The lowest BCUT2D eigenvalue weighted by atomic mass is 10.0. The van der Waals surface area contributed by atoms with Gasteiger partial charge in [-0.1, -0.05) is 66.7 Å². The van der Waals surface area contributed by atoms with Crippen LogP contribution >= 0.6 is 0 Å². The molecule has 0 atom stereocenters. The zero-order valence-corrected chi connectivity index (χ0v) is 18.4. The number of fused-ring (bicyclic) bond motifs is 2. The van der Waals surface area contributed by atoms with E-state index in [0.717, 1.165) is 27.4 Å². The fourth-order valence-corrected chi connectivity index (χ4v) is 4.04. The van der Waals surface area contributed by atoms with E-state index in [1.54, 1.807) is 12.3 Å². The number of hydrogen-bond acceptors (Lipinski definition) is 4. The molecule has 7 nitrogen and oxygen atoms in total. The highest BCUT2D eigenvalue weighted by Crippen LogP contribution is 2.18. The average Bonchev–Trinajstić information content (AvgIpc) is 2.89. The summed E-state index contributed by atoms with van der Waals surface area (Å²) in [7, 11) is 0. The number of nitrogens with one attached hydrogen (secondary N) is 2. The van der Waals surface area contributed by atoms with Gasteiger partial charge in [-0.05, 0) is 34.5 Å². The summed E-state index contributed by atoms with van der Waals surface area (Å²) in [6.45, 7) is 0.843. The second kappa shape index (κ2) is 9.54. The van der Waals surface area contributed by atoms with Crippen LogP contribution in [0.1, 0.15) is 17.0 Å². The number of amides is 2. The van der Waals surface area contributed by atoms with Crippen molar-refractivity contribution < 1.29 is 4.79 Å². The molecule has 0 fully saturated rings. The van der Waals surface area contributed by atoms with Crippen molar-refractivity contribution in [3.63, 3.8) is 0 Å². The fraction of sp³-hybridized carbons (Fsp3) is 0.111. The zero-order valence-electron chi connectivity index (χ0n) is 18.4. The average molecular weight is 450 g/mol. The van der Waals surface area contributed by atoms with E-state index in [1.165, 1.54) is 4.68 Å². The van der Waals surface area contributed by atoms with Crippen molar-refractivity contribution in [1.82, 2.24) is 25.4 Å². The van der Waals surface area contributed by atoms with E-state index in [-0.39, 0.29) is 24.7 Å². The molecule has 0 saturated heterocycles. The predicted molar refractivity (Wildman–Crippen MR) is 132 cm³/mol. The Morgan fingerprint density at radius 2 is 1.47 bits per heavy atom. The quantitative estimate of drug-likeness (QED) is 0.410. The molecule has 5 rings (SSSR count). The number of pyridine rings is 1. The third-order valence-electron chi connectivity index (χ3n) is 5.72. The minimum absolute atomic E-state index is 0.185. The summed E-state index contributed by atoms with van der Waals surface area (Å²) in [5, 5.41) is 13.9. The Morgan fingerprint density at radius 3 is 2.29 bits per heavy atom. The number of carbonyl (C=O) groups is 1. The second-order valence-electron chi connectivity index (χ2n) is 7.95. The molecule has 0 aliphatic heterocycles. The maximum Gasteiger partial charge on any atom is 0.315 e. The molecule has 0 radical (unpaired) electrons. The van der Waals surface area contributed by atoms with Gasteiger partial charge >= 0.3 is 6.03 Å². The van der Waals surface area contributed by atoms with Crippen LogP contribution in [0.2, 0.25) is 0 Å². The molecular formula is C27H23N5O2. The third-order valence-corrected chi connectivity index (χ3v) is 5.72. The van der Waals surface area contributed by atoms with Gasteiger partial charge in [0.15, 0.2) is 0 Å². The zero-order chi connectivity index (χ0) is 23.3. The summed E-state index contributed by atoms with van der Waals surface area (Å²) < 4.78 is 1.40. The highest BCUT2D eigenvalue weighted by atomic mass is 16.2. The molecule has 7 heteroatoms. The third kappa shape index (κ3) is 4.49. The molecule has 0 aliphatic rings. The van der Waals surface area contributed by atoms with Gasteiger partial charge in [0.2, 0.25) is 0 Å². The maximum absolute atomic E-state index is 13.0. The first-order valence-electron chi connectivity index (χ1n) is 11.1. The summed E-state index contributed by atoms with van der Waals surface area (Å²) >= 11 is 0. The van der Waals surface area contributed by atoms with Crippen molar-refractivity contribution in [1.29, 1.82) is 0 Å². The van der Waals surface area contributed by atoms with Crippen molar-refractivity contribution in [2.45, 2.75) is 19.6 Å². The van der Waals surface area contributed by atoms with Crippen molar-refractivity contribution in [2.24, 2.45) is 0 Å². The molecule has 0 bridgehead atoms. The highest BCUT2D eigenvalue weighted by Gasteiger charge is 2.12. The molecule has 0 aliphatic carbocycles. The lowest BCUT2D eigenvalue weighted by molar-refractivity contribution is 0.240. The Labute approximate surface area is 196 Å². The van der Waals surface area contributed by atoms with Crippen molar-refractivity contribution >= 4 is 27.6 Å². The number of hydrogen-bond donors (Lipinski definition) is 2. The Bertz CT molecular complexity index is 1520. The topological polar surface area (TPSA) is 88.9 Å². The van der Waals surface area contributed by atoms with Crippen LogP contribution in [0.4, 0.5) is 4.79 Å². The predicted octanol–water partition coefficient (Wildman–Crippen LogP) is 3.99. The molecule has 2 N–H and O–H groups in total. The first-order valence-corrected chi connectivity index (χ1v) is 11.1. The van der Waals surface area contributed by atoms with E-state index in [1.807, 2.05) is 66.7 Å². The summed E-state index contributed by atoms with van der Waals surface area (Å²) in [5.74, 6) is 0. The lowest BCUT2D eigenvalue weighted by Gasteiger charge is -2.13. The van der Waals surface area contributed by atoms with Crippen LogP contribution in [-0.4, -0.2) is 20.8 Å². The van der Waals surface area contributed by atoms with Crippen LogP contribution in [0, 0.1) is 0 Å². The monoisotopic (exact) mass is 449 g/mol. The molecule has 5 aromatic rings. The van der Waals surface area contributed by atoms with Crippen LogP contribution in [0.25, 0.3) is 21.5 Å². The van der Waals surface area contributed by atoms with E-state index >= 15 is 0 Å². The minimum Gasteiger partial charge on any atom is -0.334 e. The van der Waals surface area contributed by atoms with Gasteiger partial charge in [0.25, 0.3) is 5.56 Å². The lowest BCUT2D eigenvalue weighted by Crippen LogP contribution is -2.35. The molecule has 0 unspecified atom stereocenters. The molecular weight excluding hydrogens is 426 g/mol.